The van der Waals surface area contributed by atoms with Crippen LogP contribution in [-0.4, -0.2) is 11.8 Å². The SMILES string of the molecule is C=COC(=O)C(C)C(=O)c1ccccc1. The van der Waals surface area contributed by atoms with Gasteiger partial charge in [0.05, 0.1) is 6.26 Å². The topological polar surface area (TPSA) is 43.4 Å². The Morgan fingerprint density at radius 3 is 2.47 bits per heavy atom. The third-order valence-electron chi connectivity index (χ3n) is 2.00. The molecule has 3 heteroatoms. The van der Waals surface area contributed by atoms with Crippen LogP contribution in [0.1, 0.15) is 17.3 Å². The third-order valence-corrected chi connectivity index (χ3v) is 2.00. The first-order chi connectivity index (χ1) is 7.16. The molecule has 78 valence electrons. The Morgan fingerprint density at radius 2 is 1.93 bits per heavy atom. The highest BCUT2D eigenvalue weighted by Crippen LogP contribution is 2.10. The van der Waals surface area contributed by atoms with Gasteiger partial charge in [0.15, 0.2) is 5.78 Å². The molecule has 0 aliphatic heterocycles. The van der Waals surface area contributed by atoms with Crippen LogP contribution >= 0.6 is 0 Å². The van der Waals surface area contributed by atoms with Gasteiger partial charge in [0.2, 0.25) is 0 Å². The average molecular weight is 204 g/mol. The van der Waals surface area contributed by atoms with E-state index in [0.717, 1.165) is 6.26 Å². The van der Waals surface area contributed by atoms with Crippen molar-refractivity contribution >= 4 is 11.8 Å². The van der Waals surface area contributed by atoms with Gasteiger partial charge in [-0.05, 0) is 6.92 Å². The first kappa shape index (κ1) is 11.2. The zero-order valence-corrected chi connectivity index (χ0v) is 8.47. The molecular formula is C12H12O3. The minimum Gasteiger partial charge on any atom is -0.435 e. The maximum absolute atomic E-state index is 11.7. The number of ketones is 1. The van der Waals surface area contributed by atoms with Gasteiger partial charge >= 0.3 is 5.97 Å². The molecule has 0 bridgehead atoms. The van der Waals surface area contributed by atoms with Gasteiger partial charge in [-0.25, -0.2) is 0 Å². The largest absolute Gasteiger partial charge is 0.435 e. The molecule has 0 N–H and O–H groups in total. The number of carbonyl (C=O) groups excluding carboxylic acids is 2. The molecule has 0 radical (unpaired) electrons. The fraction of sp³-hybridized carbons (Fsp3) is 0.167. The normalized spacial score (nSPS) is 11.5. The molecule has 0 fully saturated rings. The smallest absolute Gasteiger partial charge is 0.321 e. The van der Waals surface area contributed by atoms with E-state index in [0.29, 0.717) is 5.56 Å². The Bertz CT molecular complexity index is 368. The highest BCUT2D eigenvalue weighted by Gasteiger charge is 2.23. The summed E-state index contributed by atoms with van der Waals surface area (Å²) in [6.07, 6.45) is 1.02. The summed E-state index contributed by atoms with van der Waals surface area (Å²) in [5, 5.41) is 0. The van der Waals surface area contributed by atoms with Crippen molar-refractivity contribution in [1.29, 1.82) is 0 Å². The Hall–Kier alpha value is -1.90. The average Bonchev–Trinajstić information content (AvgIpc) is 2.28. The van der Waals surface area contributed by atoms with Crippen molar-refractivity contribution in [3.8, 4) is 0 Å². The molecule has 0 spiro atoms. The van der Waals surface area contributed by atoms with Crippen molar-refractivity contribution in [2.45, 2.75) is 6.92 Å². The van der Waals surface area contributed by atoms with Crippen molar-refractivity contribution in [1.82, 2.24) is 0 Å². The first-order valence-electron chi connectivity index (χ1n) is 4.57. The summed E-state index contributed by atoms with van der Waals surface area (Å²) >= 11 is 0. The van der Waals surface area contributed by atoms with Crippen LogP contribution in [0.25, 0.3) is 0 Å². The quantitative estimate of drug-likeness (QED) is 0.327. The molecule has 1 rings (SSSR count). The molecule has 15 heavy (non-hydrogen) atoms. The highest BCUT2D eigenvalue weighted by molar-refractivity contribution is 6.08. The van der Waals surface area contributed by atoms with E-state index in [1.54, 1.807) is 24.3 Å². The molecule has 0 amide bonds. The van der Waals surface area contributed by atoms with Gasteiger partial charge in [0, 0.05) is 5.56 Å². The summed E-state index contributed by atoms with van der Waals surface area (Å²) in [4.78, 5) is 23.0. The van der Waals surface area contributed by atoms with Crippen LogP contribution in [0.5, 0.6) is 0 Å². The predicted octanol–water partition coefficient (Wildman–Crippen LogP) is 2.19. The zero-order valence-electron chi connectivity index (χ0n) is 8.47. The number of ether oxygens (including phenoxy) is 1. The van der Waals surface area contributed by atoms with E-state index in [2.05, 4.69) is 11.3 Å². The summed E-state index contributed by atoms with van der Waals surface area (Å²) in [5.41, 5.74) is 0.506. The van der Waals surface area contributed by atoms with E-state index >= 15 is 0 Å². The van der Waals surface area contributed by atoms with Gasteiger partial charge < -0.3 is 4.74 Å². The molecule has 1 atom stereocenters. The summed E-state index contributed by atoms with van der Waals surface area (Å²) in [5.74, 6) is -1.63. The lowest BCUT2D eigenvalue weighted by atomic mass is 10.00. The van der Waals surface area contributed by atoms with Gasteiger partial charge in [-0.3, -0.25) is 9.59 Å². The fourth-order valence-corrected chi connectivity index (χ4v) is 1.14. The van der Waals surface area contributed by atoms with Crippen molar-refractivity contribution in [3.05, 3.63) is 48.7 Å². The number of esters is 1. The standard InChI is InChI=1S/C12H12O3/c1-3-15-12(14)9(2)11(13)10-7-5-4-6-8-10/h3-9H,1H2,2H3. The zero-order chi connectivity index (χ0) is 11.3. The molecule has 1 aromatic carbocycles. The van der Waals surface area contributed by atoms with Gasteiger partial charge in [-0.2, -0.15) is 0 Å². The lowest BCUT2D eigenvalue weighted by Gasteiger charge is -2.07. The Balaban J connectivity index is 2.77. The van der Waals surface area contributed by atoms with Gasteiger partial charge in [0.25, 0.3) is 0 Å². The number of Topliss-reactive ketones (excluding diaryl/α,β-unsaturated/α-hetero) is 1. The van der Waals surface area contributed by atoms with E-state index in [9.17, 15) is 9.59 Å². The number of hydrogen-bond donors (Lipinski definition) is 0. The minimum absolute atomic E-state index is 0.248. The van der Waals surface area contributed by atoms with E-state index in [4.69, 9.17) is 0 Å². The summed E-state index contributed by atoms with van der Waals surface area (Å²) < 4.78 is 4.55. The Morgan fingerprint density at radius 1 is 1.33 bits per heavy atom. The summed E-state index contributed by atoms with van der Waals surface area (Å²) in [6, 6.07) is 8.64. The van der Waals surface area contributed by atoms with Crippen LogP contribution in [0.4, 0.5) is 0 Å². The second-order valence-electron chi connectivity index (χ2n) is 3.06. The van der Waals surface area contributed by atoms with E-state index < -0.39 is 11.9 Å². The first-order valence-corrected chi connectivity index (χ1v) is 4.57. The van der Waals surface area contributed by atoms with Gasteiger partial charge in [-0.15, -0.1) is 0 Å². The van der Waals surface area contributed by atoms with Gasteiger partial charge in [0.1, 0.15) is 5.92 Å². The van der Waals surface area contributed by atoms with E-state index in [-0.39, 0.29) is 5.78 Å². The van der Waals surface area contributed by atoms with Crippen molar-refractivity contribution in [3.63, 3.8) is 0 Å². The maximum atomic E-state index is 11.7. The number of benzene rings is 1. The van der Waals surface area contributed by atoms with Crippen LogP contribution < -0.4 is 0 Å². The molecule has 0 aliphatic carbocycles. The van der Waals surface area contributed by atoms with E-state index in [1.165, 1.54) is 6.92 Å². The Labute approximate surface area is 88.4 Å². The van der Waals surface area contributed by atoms with E-state index in [1.807, 2.05) is 6.07 Å². The fourth-order valence-electron chi connectivity index (χ4n) is 1.14. The van der Waals surface area contributed by atoms with Crippen molar-refractivity contribution in [2.24, 2.45) is 5.92 Å². The maximum Gasteiger partial charge on any atom is 0.321 e. The van der Waals surface area contributed by atoms with Crippen molar-refractivity contribution in [2.75, 3.05) is 0 Å². The van der Waals surface area contributed by atoms with Crippen LogP contribution in [0.2, 0.25) is 0 Å². The van der Waals surface area contributed by atoms with Crippen LogP contribution in [0.15, 0.2) is 43.2 Å². The molecule has 3 nitrogen and oxygen atoms in total. The number of hydrogen-bond acceptors (Lipinski definition) is 3. The molecular weight excluding hydrogens is 192 g/mol. The molecule has 0 saturated carbocycles. The molecule has 0 heterocycles. The second kappa shape index (κ2) is 5.10. The van der Waals surface area contributed by atoms with Crippen LogP contribution in [-0.2, 0) is 9.53 Å². The monoisotopic (exact) mass is 204 g/mol. The summed E-state index contributed by atoms with van der Waals surface area (Å²) in [6.45, 7) is 4.78. The Kier molecular flexibility index (Phi) is 3.80. The predicted molar refractivity (Wildman–Crippen MR) is 56.2 cm³/mol. The van der Waals surface area contributed by atoms with Gasteiger partial charge in [-0.1, -0.05) is 36.9 Å². The lowest BCUT2D eigenvalue weighted by molar-refractivity contribution is -0.140. The molecule has 1 unspecified atom stereocenters. The molecule has 0 aromatic heterocycles. The third kappa shape index (κ3) is 2.77. The second-order valence-corrected chi connectivity index (χ2v) is 3.06. The number of carbonyl (C=O) groups is 2. The number of rotatable bonds is 4. The minimum atomic E-state index is -0.801. The summed E-state index contributed by atoms with van der Waals surface area (Å²) in [7, 11) is 0. The lowest BCUT2D eigenvalue weighted by Crippen LogP contribution is -2.21. The van der Waals surface area contributed by atoms with Crippen molar-refractivity contribution < 1.29 is 14.3 Å². The van der Waals surface area contributed by atoms with Crippen LogP contribution in [0.3, 0.4) is 0 Å². The van der Waals surface area contributed by atoms with Crippen LogP contribution in [0, 0.1) is 5.92 Å². The molecule has 0 saturated heterocycles. The molecule has 0 aliphatic rings. The molecule has 1 aromatic rings. The highest BCUT2D eigenvalue weighted by atomic mass is 16.5.